The number of carboxylic acid groups (broad SMARTS) is 1. The number of benzene rings is 1. The molecule has 2 rings (SSSR count). The van der Waals surface area contributed by atoms with Crippen LogP contribution in [0.15, 0.2) is 42.1 Å². The fourth-order valence-electron chi connectivity index (χ4n) is 2.16. The monoisotopic (exact) mass is 306 g/mol. The number of hydrazine groups is 1. The molecule has 0 fully saturated rings. The zero-order chi connectivity index (χ0) is 15.8. The number of carboxylic acids is 1. The predicted molar refractivity (Wildman–Crippen MR) is 82.0 cm³/mol. The van der Waals surface area contributed by atoms with Gasteiger partial charge >= 0.3 is 5.97 Å². The third kappa shape index (κ3) is 5.14. The van der Waals surface area contributed by atoms with Crippen molar-refractivity contribution in [1.29, 1.82) is 0 Å². The van der Waals surface area contributed by atoms with Crippen LogP contribution in [0.25, 0.3) is 0 Å². The van der Waals surface area contributed by atoms with Gasteiger partial charge in [-0.05, 0) is 5.56 Å². The average Bonchev–Trinajstić information content (AvgIpc) is 2.89. The minimum atomic E-state index is -0.871. The summed E-state index contributed by atoms with van der Waals surface area (Å²) in [7, 11) is 1.86. The van der Waals surface area contributed by atoms with E-state index < -0.39 is 5.97 Å². The van der Waals surface area contributed by atoms with Crippen LogP contribution >= 0.6 is 0 Å². The summed E-state index contributed by atoms with van der Waals surface area (Å²) in [5, 5.41) is 12.7. The van der Waals surface area contributed by atoms with E-state index >= 15 is 0 Å². The van der Waals surface area contributed by atoms with Gasteiger partial charge in [0.25, 0.3) is 0 Å². The molecule has 1 N–H and O–H groups in total. The van der Waals surface area contributed by atoms with Crippen LogP contribution in [0.5, 0.6) is 0 Å². The van der Waals surface area contributed by atoms with Crippen molar-refractivity contribution in [1.82, 2.24) is 10.0 Å². The largest absolute Gasteiger partial charge is 0.478 e. The van der Waals surface area contributed by atoms with Crippen molar-refractivity contribution < 1.29 is 19.4 Å². The number of carbonyl (C=O) groups is 1. The third-order valence-corrected chi connectivity index (χ3v) is 3.37. The molecule has 1 aromatic rings. The second kappa shape index (κ2) is 8.53. The Morgan fingerprint density at radius 3 is 2.59 bits per heavy atom. The molecule has 1 heterocycles. The van der Waals surface area contributed by atoms with Crippen molar-refractivity contribution in [2.75, 3.05) is 40.0 Å². The van der Waals surface area contributed by atoms with Crippen LogP contribution in [0.1, 0.15) is 5.56 Å². The van der Waals surface area contributed by atoms with E-state index in [0.717, 1.165) is 5.56 Å². The normalized spacial score (nSPS) is 15.1. The van der Waals surface area contributed by atoms with E-state index in [2.05, 4.69) is 0 Å². The summed E-state index contributed by atoms with van der Waals surface area (Å²) in [4.78, 5) is 10.9. The molecule has 1 aromatic carbocycles. The Labute approximate surface area is 130 Å². The minimum Gasteiger partial charge on any atom is -0.478 e. The number of nitrogens with zero attached hydrogens (tertiary/aromatic N) is 2. The molecule has 1 aliphatic rings. The Kier molecular flexibility index (Phi) is 6.39. The number of ether oxygens (including phenoxy) is 2. The molecule has 0 aliphatic carbocycles. The summed E-state index contributed by atoms with van der Waals surface area (Å²) < 4.78 is 11.0. The number of rotatable bonds is 9. The second-order valence-electron chi connectivity index (χ2n) is 5.09. The highest BCUT2D eigenvalue weighted by Crippen LogP contribution is 2.12. The zero-order valence-corrected chi connectivity index (χ0v) is 12.8. The summed E-state index contributed by atoms with van der Waals surface area (Å²) in [5.41, 5.74) is 1.54. The first kappa shape index (κ1) is 16.5. The Morgan fingerprint density at radius 2 is 1.91 bits per heavy atom. The van der Waals surface area contributed by atoms with E-state index in [1.165, 1.54) is 0 Å². The molecular weight excluding hydrogens is 284 g/mol. The highest BCUT2D eigenvalue weighted by Gasteiger charge is 2.22. The Balaban J connectivity index is 1.53. The van der Waals surface area contributed by atoms with Crippen LogP contribution < -0.4 is 0 Å². The molecule has 1 aliphatic heterocycles. The van der Waals surface area contributed by atoms with Gasteiger partial charge in [0.15, 0.2) is 0 Å². The summed E-state index contributed by atoms with van der Waals surface area (Å²) in [6, 6.07) is 10.0. The Morgan fingerprint density at radius 1 is 1.18 bits per heavy atom. The van der Waals surface area contributed by atoms with Crippen molar-refractivity contribution in [3.05, 3.63) is 47.7 Å². The fourth-order valence-corrected chi connectivity index (χ4v) is 2.16. The summed E-state index contributed by atoms with van der Waals surface area (Å²) >= 11 is 0. The summed E-state index contributed by atoms with van der Waals surface area (Å²) in [6.45, 7) is 3.24. The average molecular weight is 306 g/mol. The van der Waals surface area contributed by atoms with E-state index in [4.69, 9.17) is 14.6 Å². The first-order chi connectivity index (χ1) is 10.7. The van der Waals surface area contributed by atoms with E-state index in [0.29, 0.717) is 45.1 Å². The molecule has 6 nitrogen and oxygen atoms in total. The van der Waals surface area contributed by atoms with Gasteiger partial charge in [-0.15, -0.1) is 0 Å². The van der Waals surface area contributed by atoms with Crippen molar-refractivity contribution in [3.63, 3.8) is 0 Å². The number of likely N-dealkylation sites (N-methyl/N-ethyl adjacent to an activating group) is 1. The maximum atomic E-state index is 10.9. The van der Waals surface area contributed by atoms with Crippen LogP contribution in [0.4, 0.5) is 0 Å². The second-order valence-corrected chi connectivity index (χ2v) is 5.09. The van der Waals surface area contributed by atoms with E-state index in [1.807, 2.05) is 47.4 Å². The number of aliphatic carboxylic acids is 1. The molecular formula is C16H22N2O4. The lowest BCUT2D eigenvalue weighted by atomic mass is 10.2. The van der Waals surface area contributed by atoms with Crippen LogP contribution in [-0.2, 0) is 20.9 Å². The van der Waals surface area contributed by atoms with Crippen LogP contribution in [0.3, 0.4) is 0 Å². The zero-order valence-electron chi connectivity index (χ0n) is 12.8. The quantitative estimate of drug-likeness (QED) is 0.695. The third-order valence-electron chi connectivity index (χ3n) is 3.37. The molecule has 120 valence electrons. The lowest BCUT2D eigenvalue weighted by Gasteiger charge is -2.24. The van der Waals surface area contributed by atoms with Gasteiger partial charge in [-0.2, -0.15) is 0 Å². The van der Waals surface area contributed by atoms with Gasteiger partial charge in [0.05, 0.1) is 45.1 Å². The van der Waals surface area contributed by atoms with Crippen molar-refractivity contribution in [2.45, 2.75) is 6.61 Å². The van der Waals surface area contributed by atoms with Gasteiger partial charge in [-0.1, -0.05) is 30.3 Å². The molecule has 0 radical (unpaired) electrons. The molecule has 22 heavy (non-hydrogen) atoms. The predicted octanol–water partition coefficient (Wildman–Crippen LogP) is 1.35. The Bertz CT molecular complexity index is 504. The van der Waals surface area contributed by atoms with Crippen molar-refractivity contribution >= 4 is 5.97 Å². The molecule has 0 saturated heterocycles. The fraction of sp³-hybridized carbons (Fsp3) is 0.438. The standard InChI is InChI=1S/C16H22N2O4/c1-17-11-15(16(19)20)12-18(17)7-8-21-9-10-22-13-14-5-3-2-4-6-14/h2-6,12H,7-11,13H2,1H3,(H,19,20). The molecule has 0 aromatic heterocycles. The topological polar surface area (TPSA) is 62.2 Å². The van der Waals surface area contributed by atoms with Gasteiger partial charge < -0.3 is 19.6 Å². The molecule has 6 heteroatoms. The van der Waals surface area contributed by atoms with Crippen LogP contribution in [0.2, 0.25) is 0 Å². The maximum Gasteiger partial charge on any atom is 0.334 e. The van der Waals surface area contributed by atoms with Gasteiger partial charge in [0.1, 0.15) is 0 Å². The highest BCUT2D eigenvalue weighted by molar-refractivity contribution is 5.87. The molecule has 0 unspecified atom stereocenters. The smallest absolute Gasteiger partial charge is 0.334 e. The SMILES string of the molecule is CN1CC(C(=O)O)=CN1CCOCCOCc1ccccc1. The first-order valence-electron chi connectivity index (χ1n) is 7.28. The summed E-state index contributed by atoms with van der Waals surface area (Å²) in [6.07, 6.45) is 1.65. The highest BCUT2D eigenvalue weighted by atomic mass is 16.5. The molecule has 0 bridgehead atoms. The molecule has 0 amide bonds. The lowest BCUT2D eigenvalue weighted by molar-refractivity contribution is -0.132. The van der Waals surface area contributed by atoms with Crippen LogP contribution in [0, 0.1) is 0 Å². The molecule has 0 saturated carbocycles. The summed E-state index contributed by atoms with van der Waals surface area (Å²) in [5.74, 6) is -0.871. The minimum absolute atomic E-state index is 0.397. The maximum absolute atomic E-state index is 10.9. The van der Waals surface area contributed by atoms with E-state index in [-0.39, 0.29) is 0 Å². The van der Waals surface area contributed by atoms with Gasteiger partial charge in [-0.3, -0.25) is 0 Å². The van der Waals surface area contributed by atoms with Gasteiger partial charge in [0.2, 0.25) is 0 Å². The molecule has 0 atom stereocenters. The van der Waals surface area contributed by atoms with Crippen LogP contribution in [-0.4, -0.2) is 61.1 Å². The van der Waals surface area contributed by atoms with E-state index in [9.17, 15) is 4.79 Å². The Hall–Kier alpha value is -1.89. The van der Waals surface area contributed by atoms with Crippen molar-refractivity contribution in [2.24, 2.45) is 0 Å². The first-order valence-corrected chi connectivity index (χ1v) is 7.28. The van der Waals surface area contributed by atoms with E-state index in [1.54, 1.807) is 6.20 Å². The molecule has 0 spiro atoms. The van der Waals surface area contributed by atoms with Crippen molar-refractivity contribution in [3.8, 4) is 0 Å². The number of hydrogen-bond acceptors (Lipinski definition) is 5. The lowest BCUT2D eigenvalue weighted by Crippen LogP contribution is -2.34. The van der Waals surface area contributed by atoms with Gasteiger partial charge in [-0.25, -0.2) is 9.80 Å². The van der Waals surface area contributed by atoms with Gasteiger partial charge in [0, 0.05) is 13.2 Å². The number of hydrogen-bond donors (Lipinski definition) is 1.